The molecule has 0 aromatic rings. The van der Waals surface area contributed by atoms with Crippen LogP contribution in [0.1, 0.15) is 130 Å². The van der Waals surface area contributed by atoms with Gasteiger partial charge in [0.1, 0.15) is 0 Å². The van der Waals surface area contributed by atoms with Crippen molar-refractivity contribution in [2.45, 2.75) is 130 Å². The van der Waals surface area contributed by atoms with Crippen molar-refractivity contribution in [3.05, 3.63) is 0 Å². The molecule has 2 atom stereocenters. The van der Waals surface area contributed by atoms with E-state index in [1.165, 1.54) is 103 Å². The Balaban J connectivity index is 0. The van der Waals surface area contributed by atoms with Gasteiger partial charge in [0, 0.05) is 13.2 Å². The molecular formula is C24H52O2. The van der Waals surface area contributed by atoms with Crippen LogP contribution in [0.25, 0.3) is 0 Å². The first-order valence-corrected chi connectivity index (χ1v) is 11.9. The number of hydrogen-bond donors (Lipinski definition) is 2. The van der Waals surface area contributed by atoms with Gasteiger partial charge in [-0.15, -0.1) is 0 Å². The highest BCUT2D eigenvalue weighted by molar-refractivity contribution is 4.59. The highest BCUT2D eigenvalue weighted by Crippen LogP contribution is 2.17. The minimum absolute atomic E-state index is 0.395. The molecule has 0 heterocycles. The second kappa shape index (κ2) is 24.9. The van der Waals surface area contributed by atoms with Crippen LogP contribution in [-0.4, -0.2) is 23.4 Å². The van der Waals surface area contributed by atoms with Crippen LogP contribution in [0.3, 0.4) is 0 Å². The van der Waals surface area contributed by atoms with Gasteiger partial charge in [-0.2, -0.15) is 0 Å². The van der Waals surface area contributed by atoms with Gasteiger partial charge in [0.25, 0.3) is 0 Å². The maximum atomic E-state index is 9.11. The van der Waals surface area contributed by atoms with Crippen LogP contribution in [0.2, 0.25) is 0 Å². The zero-order valence-electron chi connectivity index (χ0n) is 18.8. The second-order valence-electron chi connectivity index (χ2n) is 8.08. The zero-order chi connectivity index (χ0) is 19.9. The molecule has 0 bridgehead atoms. The molecule has 2 nitrogen and oxygen atoms in total. The van der Waals surface area contributed by atoms with E-state index >= 15 is 0 Å². The lowest BCUT2D eigenvalue weighted by molar-refractivity contribution is 0.205. The molecule has 2 unspecified atom stereocenters. The Hall–Kier alpha value is -0.0800. The fourth-order valence-electron chi connectivity index (χ4n) is 3.36. The van der Waals surface area contributed by atoms with Crippen LogP contribution in [-0.2, 0) is 0 Å². The normalized spacial score (nSPS) is 13.2. The summed E-state index contributed by atoms with van der Waals surface area (Å²) in [6, 6.07) is 0. The molecule has 0 spiro atoms. The van der Waals surface area contributed by atoms with Crippen LogP contribution < -0.4 is 0 Å². The van der Waals surface area contributed by atoms with E-state index in [0.717, 1.165) is 0 Å². The molecule has 2 N–H and O–H groups in total. The third-order valence-electron chi connectivity index (χ3n) is 5.38. The minimum atomic E-state index is 0.395. The summed E-state index contributed by atoms with van der Waals surface area (Å²) >= 11 is 0. The van der Waals surface area contributed by atoms with Gasteiger partial charge < -0.3 is 10.2 Å². The Morgan fingerprint density at radius 2 is 0.731 bits per heavy atom. The van der Waals surface area contributed by atoms with Crippen molar-refractivity contribution in [2.75, 3.05) is 13.2 Å². The van der Waals surface area contributed by atoms with Crippen LogP contribution in [0, 0.1) is 11.8 Å². The first-order valence-electron chi connectivity index (χ1n) is 11.9. The van der Waals surface area contributed by atoms with Crippen molar-refractivity contribution < 1.29 is 10.2 Å². The Kier molecular flexibility index (Phi) is 27.0. The summed E-state index contributed by atoms with van der Waals surface area (Å²) in [5.41, 5.74) is 0. The molecule has 0 aromatic carbocycles. The first-order chi connectivity index (χ1) is 12.7. The fraction of sp³-hybridized carbons (Fsp3) is 1.00. The molecule has 0 aliphatic carbocycles. The van der Waals surface area contributed by atoms with Crippen LogP contribution in [0.5, 0.6) is 0 Å². The largest absolute Gasteiger partial charge is 0.396 e. The summed E-state index contributed by atoms with van der Waals surface area (Å²) < 4.78 is 0. The van der Waals surface area contributed by atoms with Crippen LogP contribution >= 0.6 is 0 Å². The Morgan fingerprint density at radius 3 is 1.00 bits per heavy atom. The third kappa shape index (κ3) is 22.0. The topological polar surface area (TPSA) is 40.5 Å². The predicted molar refractivity (Wildman–Crippen MR) is 118 cm³/mol. The van der Waals surface area contributed by atoms with Gasteiger partial charge in [-0.3, -0.25) is 0 Å². The summed E-state index contributed by atoms with van der Waals surface area (Å²) in [6.45, 7) is 9.69. The van der Waals surface area contributed by atoms with Gasteiger partial charge in [0.2, 0.25) is 0 Å². The Bertz CT molecular complexity index is 206. The highest BCUT2D eigenvalue weighted by Gasteiger charge is 2.06. The van der Waals surface area contributed by atoms with Gasteiger partial charge in [-0.25, -0.2) is 0 Å². The van der Waals surface area contributed by atoms with Crippen molar-refractivity contribution in [1.82, 2.24) is 0 Å². The number of rotatable bonds is 18. The zero-order valence-corrected chi connectivity index (χ0v) is 18.8. The molecule has 0 rings (SSSR count). The van der Waals surface area contributed by atoms with E-state index in [-0.39, 0.29) is 0 Å². The van der Waals surface area contributed by atoms with Gasteiger partial charge in [-0.1, -0.05) is 105 Å². The standard InChI is InChI=1S/2C12H26O/c2*1-3-5-7-8-10-12(11-13)9-6-4-2/h2*12-13H,3-11H2,1-2H3. The predicted octanol–water partition coefficient (Wildman–Crippen LogP) is 7.51. The number of hydrogen-bond acceptors (Lipinski definition) is 2. The number of unbranched alkanes of at least 4 members (excludes halogenated alkanes) is 8. The lowest BCUT2D eigenvalue weighted by atomic mass is 9.96. The molecule has 2 heteroatoms. The summed E-state index contributed by atoms with van der Waals surface area (Å²) in [4.78, 5) is 0. The van der Waals surface area contributed by atoms with Gasteiger partial charge in [0.05, 0.1) is 0 Å². The molecular weight excluding hydrogens is 320 g/mol. The summed E-state index contributed by atoms with van der Waals surface area (Å²) in [7, 11) is 0. The fourth-order valence-corrected chi connectivity index (χ4v) is 3.36. The molecule has 0 aliphatic rings. The number of aliphatic hydroxyl groups excluding tert-OH is 2. The molecule has 160 valence electrons. The SMILES string of the molecule is CCCCCCC(CO)CCCC.CCCCCCC(CO)CCCC. The average molecular weight is 373 g/mol. The monoisotopic (exact) mass is 372 g/mol. The van der Waals surface area contributed by atoms with E-state index in [9.17, 15) is 0 Å². The van der Waals surface area contributed by atoms with Crippen molar-refractivity contribution in [2.24, 2.45) is 11.8 Å². The summed E-state index contributed by atoms with van der Waals surface area (Å²) in [5.74, 6) is 1.16. The molecule has 0 saturated carbocycles. The van der Waals surface area contributed by atoms with E-state index < -0.39 is 0 Å². The molecule has 0 amide bonds. The lowest BCUT2D eigenvalue weighted by Gasteiger charge is -2.12. The first kappa shape index (κ1) is 28.1. The highest BCUT2D eigenvalue weighted by atomic mass is 16.3. The second-order valence-corrected chi connectivity index (χ2v) is 8.08. The van der Waals surface area contributed by atoms with Crippen molar-refractivity contribution in [3.8, 4) is 0 Å². The van der Waals surface area contributed by atoms with Crippen molar-refractivity contribution in [1.29, 1.82) is 0 Å². The molecule has 0 fully saturated rings. The number of aliphatic hydroxyl groups is 2. The van der Waals surface area contributed by atoms with Crippen molar-refractivity contribution >= 4 is 0 Å². The summed E-state index contributed by atoms with van der Waals surface area (Å²) in [6.07, 6.45) is 20.6. The third-order valence-corrected chi connectivity index (χ3v) is 5.38. The smallest absolute Gasteiger partial charge is 0.0459 e. The van der Waals surface area contributed by atoms with E-state index in [1.54, 1.807) is 0 Å². The van der Waals surface area contributed by atoms with Crippen molar-refractivity contribution in [3.63, 3.8) is 0 Å². The lowest BCUT2D eigenvalue weighted by Crippen LogP contribution is -2.05. The van der Waals surface area contributed by atoms with E-state index in [0.29, 0.717) is 25.0 Å². The Labute approximate surface area is 166 Å². The molecule has 0 saturated heterocycles. The maximum absolute atomic E-state index is 9.11. The van der Waals surface area contributed by atoms with E-state index in [4.69, 9.17) is 10.2 Å². The van der Waals surface area contributed by atoms with Crippen LogP contribution in [0.15, 0.2) is 0 Å². The Morgan fingerprint density at radius 1 is 0.423 bits per heavy atom. The average Bonchev–Trinajstić information content (AvgIpc) is 2.67. The quantitative estimate of drug-likeness (QED) is 0.244. The molecule has 26 heavy (non-hydrogen) atoms. The van der Waals surface area contributed by atoms with Gasteiger partial charge in [0.15, 0.2) is 0 Å². The van der Waals surface area contributed by atoms with E-state index in [2.05, 4.69) is 27.7 Å². The summed E-state index contributed by atoms with van der Waals surface area (Å²) in [5, 5.41) is 18.2. The minimum Gasteiger partial charge on any atom is -0.396 e. The molecule has 0 aromatic heterocycles. The maximum Gasteiger partial charge on any atom is 0.0459 e. The van der Waals surface area contributed by atoms with Gasteiger partial charge in [-0.05, 0) is 37.5 Å². The molecule has 0 radical (unpaired) electrons. The van der Waals surface area contributed by atoms with Gasteiger partial charge >= 0.3 is 0 Å². The van der Waals surface area contributed by atoms with E-state index in [1.807, 2.05) is 0 Å². The molecule has 0 aliphatic heterocycles. The van der Waals surface area contributed by atoms with Crippen LogP contribution in [0.4, 0.5) is 0 Å².